The Labute approximate surface area is 111 Å². The lowest BCUT2D eigenvalue weighted by molar-refractivity contribution is 0.0926. The molecule has 0 aliphatic carbocycles. The highest BCUT2D eigenvalue weighted by Gasteiger charge is 2.27. The third kappa shape index (κ3) is 3.44. The summed E-state index contributed by atoms with van der Waals surface area (Å²) < 4.78 is 0.656. The minimum atomic E-state index is -0.0124. The third-order valence-corrected chi connectivity index (χ3v) is 4.51. The highest BCUT2D eigenvalue weighted by molar-refractivity contribution is 7.17. The van der Waals surface area contributed by atoms with E-state index in [0.29, 0.717) is 9.21 Å². The van der Waals surface area contributed by atoms with Crippen LogP contribution < -0.4 is 10.6 Å². The smallest absolute Gasteiger partial charge is 0.261 e. The van der Waals surface area contributed by atoms with Gasteiger partial charge in [0.25, 0.3) is 5.91 Å². The lowest BCUT2D eigenvalue weighted by Crippen LogP contribution is -2.42. The molecule has 1 aliphatic heterocycles. The molecule has 0 aromatic carbocycles. The van der Waals surface area contributed by atoms with Gasteiger partial charge in [0.05, 0.1) is 9.21 Å². The van der Waals surface area contributed by atoms with E-state index in [0.717, 1.165) is 32.5 Å². The van der Waals surface area contributed by atoms with Crippen LogP contribution in [0.15, 0.2) is 12.1 Å². The normalized spacial score (nSPS) is 18.9. The number of hydrogen-bond donors (Lipinski definition) is 2. The van der Waals surface area contributed by atoms with Crippen LogP contribution in [0.25, 0.3) is 0 Å². The average molecular weight is 273 g/mol. The molecule has 5 heteroatoms. The lowest BCUT2D eigenvalue weighted by atomic mass is 9.81. The van der Waals surface area contributed by atoms with E-state index in [1.54, 1.807) is 12.1 Å². The number of piperidine rings is 1. The molecule has 2 rings (SSSR count). The van der Waals surface area contributed by atoms with Crippen molar-refractivity contribution in [3.63, 3.8) is 0 Å². The van der Waals surface area contributed by atoms with Gasteiger partial charge in [-0.2, -0.15) is 0 Å². The summed E-state index contributed by atoms with van der Waals surface area (Å²) in [5.74, 6) is -0.0124. The summed E-state index contributed by atoms with van der Waals surface area (Å²) in [6.45, 7) is 5.05. The fraction of sp³-hybridized carbons (Fsp3) is 0.583. The second-order valence-electron chi connectivity index (χ2n) is 4.85. The van der Waals surface area contributed by atoms with Gasteiger partial charge in [-0.25, -0.2) is 0 Å². The molecule has 0 bridgehead atoms. The van der Waals surface area contributed by atoms with Gasteiger partial charge < -0.3 is 10.6 Å². The van der Waals surface area contributed by atoms with Crippen LogP contribution in [0, 0.1) is 5.41 Å². The number of thiophene rings is 1. The van der Waals surface area contributed by atoms with Crippen LogP contribution >= 0.6 is 22.9 Å². The van der Waals surface area contributed by atoms with E-state index in [4.69, 9.17) is 11.6 Å². The maximum Gasteiger partial charge on any atom is 0.261 e. The molecule has 0 atom stereocenters. The molecule has 0 saturated carbocycles. The molecule has 1 fully saturated rings. The Kier molecular flexibility index (Phi) is 4.07. The van der Waals surface area contributed by atoms with Gasteiger partial charge in [0.15, 0.2) is 0 Å². The molecule has 1 saturated heterocycles. The fourth-order valence-corrected chi connectivity index (χ4v) is 2.98. The van der Waals surface area contributed by atoms with Crippen molar-refractivity contribution >= 4 is 28.8 Å². The van der Waals surface area contributed by atoms with Crippen LogP contribution in [0.3, 0.4) is 0 Å². The first-order valence-electron chi connectivity index (χ1n) is 5.83. The summed E-state index contributed by atoms with van der Waals surface area (Å²) in [6, 6.07) is 3.53. The van der Waals surface area contributed by atoms with Crippen molar-refractivity contribution in [2.75, 3.05) is 19.6 Å². The van der Waals surface area contributed by atoms with E-state index in [-0.39, 0.29) is 11.3 Å². The molecule has 3 nitrogen and oxygen atoms in total. The van der Waals surface area contributed by atoms with E-state index in [2.05, 4.69) is 17.6 Å². The van der Waals surface area contributed by atoms with E-state index >= 15 is 0 Å². The van der Waals surface area contributed by atoms with Crippen LogP contribution in [0.2, 0.25) is 4.34 Å². The van der Waals surface area contributed by atoms with Crippen LogP contribution in [-0.2, 0) is 0 Å². The van der Waals surface area contributed by atoms with Crippen molar-refractivity contribution in [2.45, 2.75) is 19.8 Å². The van der Waals surface area contributed by atoms with Gasteiger partial charge in [-0.3, -0.25) is 4.79 Å². The number of carbonyl (C=O) groups is 1. The van der Waals surface area contributed by atoms with E-state index in [1.165, 1.54) is 11.3 Å². The molecule has 0 unspecified atom stereocenters. The predicted molar refractivity (Wildman–Crippen MR) is 71.9 cm³/mol. The van der Waals surface area contributed by atoms with Gasteiger partial charge in [0.1, 0.15) is 0 Å². The van der Waals surface area contributed by atoms with Crippen LogP contribution in [0.1, 0.15) is 29.4 Å². The van der Waals surface area contributed by atoms with Crippen molar-refractivity contribution in [3.8, 4) is 0 Å². The maximum absolute atomic E-state index is 11.9. The molecular weight excluding hydrogens is 256 g/mol. The number of halogens is 1. The predicted octanol–water partition coefficient (Wildman–Crippen LogP) is 2.52. The Morgan fingerprint density at radius 3 is 2.82 bits per heavy atom. The molecule has 0 radical (unpaired) electrons. The number of hydrogen-bond acceptors (Lipinski definition) is 3. The second kappa shape index (κ2) is 5.38. The molecule has 94 valence electrons. The van der Waals surface area contributed by atoms with E-state index in [1.807, 2.05) is 0 Å². The quantitative estimate of drug-likeness (QED) is 0.888. The Hall–Kier alpha value is -0.580. The van der Waals surface area contributed by atoms with Crippen LogP contribution in [0.5, 0.6) is 0 Å². The zero-order chi connectivity index (χ0) is 12.3. The SMILES string of the molecule is CC1(CNC(=O)c2ccc(Cl)s2)CCNCC1. The van der Waals surface area contributed by atoms with Gasteiger partial charge in [0.2, 0.25) is 0 Å². The standard InChI is InChI=1S/C12H17ClN2OS/c1-12(4-6-14-7-5-12)8-15-11(16)9-2-3-10(13)17-9/h2-3,14H,4-8H2,1H3,(H,15,16). The van der Waals surface area contributed by atoms with Gasteiger partial charge in [-0.1, -0.05) is 18.5 Å². The zero-order valence-corrected chi connectivity index (χ0v) is 11.5. The highest BCUT2D eigenvalue weighted by Crippen LogP contribution is 2.27. The molecule has 2 heterocycles. The Morgan fingerprint density at radius 1 is 1.53 bits per heavy atom. The fourth-order valence-electron chi connectivity index (χ4n) is 2.02. The molecule has 1 aliphatic rings. The summed E-state index contributed by atoms with van der Waals surface area (Å²) in [7, 11) is 0. The monoisotopic (exact) mass is 272 g/mol. The van der Waals surface area contributed by atoms with Gasteiger partial charge >= 0.3 is 0 Å². The van der Waals surface area contributed by atoms with Crippen molar-refractivity contribution in [1.82, 2.24) is 10.6 Å². The minimum Gasteiger partial charge on any atom is -0.351 e. The molecule has 1 amide bonds. The summed E-state index contributed by atoms with van der Waals surface area (Å²) in [5, 5.41) is 6.34. The van der Waals surface area contributed by atoms with E-state index < -0.39 is 0 Å². The topological polar surface area (TPSA) is 41.1 Å². The van der Waals surface area contributed by atoms with Crippen LogP contribution in [0.4, 0.5) is 0 Å². The van der Waals surface area contributed by atoms with Gasteiger partial charge in [0, 0.05) is 6.54 Å². The first kappa shape index (κ1) is 12.9. The molecule has 17 heavy (non-hydrogen) atoms. The lowest BCUT2D eigenvalue weighted by Gasteiger charge is -2.34. The summed E-state index contributed by atoms with van der Waals surface area (Å²) >= 11 is 7.13. The van der Waals surface area contributed by atoms with Crippen molar-refractivity contribution < 1.29 is 4.79 Å². The number of amides is 1. The number of nitrogens with one attached hydrogen (secondary N) is 2. The Balaban J connectivity index is 1.87. The second-order valence-corrected chi connectivity index (χ2v) is 6.56. The molecule has 0 spiro atoms. The van der Waals surface area contributed by atoms with E-state index in [9.17, 15) is 4.79 Å². The van der Waals surface area contributed by atoms with Crippen molar-refractivity contribution in [3.05, 3.63) is 21.3 Å². The van der Waals surface area contributed by atoms with Crippen LogP contribution in [-0.4, -0.2) is 25.5 Å². The summed E-state index contributed by atoms with van der Waals surface area (Å²) in [5.41, 5.74) is 0.224. The number of rotatable bonds is 3. The summed E-state index contributed by atoms with van der Waals surface area (Å²) in [6.07, 6.45) is 2.22. The maximum atomic E-state index is 11.9. The van der Waals surface area contributed by atoms with Gasteiger partial charge in [-0.05, 0) is 43.5 Å². The molecular formula is C12H17ClN2OS. The highest BCUT2D eigenvalue weighted by atomic mass is 35.5. The summed E-state index contributed by atoms with van der Waals surface area (Å²) in [4.78, 5) is 12.6. The molecule has 1 aromatic heterocycles. The largest absolute Gasteiger partial charge is 0.351 e. The first-order valence-corrected chi connectivity index (χ1v) is 7.03. The zero-order valence-electron chi connectivity index (χ0n) is 9.88. The molecule has 1 aromatic rings. The first-order chi connectivity index (χ1) is 8.09. The van der Waals surface area contributed by atoms with Crippen molar-refractivity contribution in [2.24, 2.45) is 5.41 Å². The average Bonchev–Trinajstić information content (AvgIpc) is 2.74. The Bertz CT molecular complexity index is 399. The Morgan fingerprint density at radius 2 is 2.24 bits per heavy atom. The van der Waals surface area contributed by atoms with Crippen molar-refractivity contribution in [1.29, 1.82) is 0 Å². The minimum absolute atomic E-state index is 0.0124. The molecule has 2 N–H and O–H groups in total. The third-order valence-electron chi connectivity index (χ3n) is 3.28. The van der Waals surface area contributed by atoms with Gasteiger partial charge in [-0.15, -0.1) is 11.3 Å². The number of carbonyl (C=O) groups excluding carboxylic acids is 1.